The fourth-order valence-electron chi connectivity index (χ4n) is 2.81. The third-order valence-electron chi connectivity index (χ3n) is 3.86. The maximum Gasteiger partial charge on any atom is 0.329 e. The number of hydrogen-bond donors (Lipinski definition) is 0. The van der Waals surface area contributed by atoms with E-state index >= 15 is 0 Å². The molecule has 1 aromatic rings. The standard InChI is InChI=1S/C12H18N4O/c1-10(2)15-5-12(6-15)7-16(8-12)11(17)14-4-3-13-9-14/h3-4,9-10H,5-8H2,1-2H3. The Balaban J connectivity index is 1.54. The van der Waals surface area contributed by atoms with Gasteiger partial charge >= 0.3 is 6.03 Å². The average Bonchev–Trinajstić information content (AvgIpc) is 2.64. The molecule has 0 N–H and O–H groups in total. The van der Waals surface area contributed by atoms with E-state index in [1.807, 2.05) is 4.90 Å². The van der Waals surface area contributed by atoms with E-state index in [1.165, 1.54) is 0 Å². The van der Waals surface area contributed by atoms with Gasteiger partial charge in [0, 0.05) is 50.0 Å². The summed E-state index contributed by atoms with van der Waals surface area (Å²) in [5.41, 5.74) is 0.389. The SMILES string of the molecule is CC(C)N1CC2(CN(C(=O)n3ccnc3)C2)C1. The molecule has 1 amide bonds. The predicted molar refractivity (Wildman–Crippen MR) is 63.7 cm³/mol. The second-order valence-corrected chi connectivity index (χ2v) is 5.61. The smallest absolute Gasteiger partial charge is 0.323 e. The lowest BCUT2D eigenvalue weighted by molar-refractivity contribution is -0.106. The van der Waals surface area contributed by atoms with Crippen molar-refractivity contribution in [3.63, 3.8) is 0 Å². The first-order valence-electron chi connectivity index (χ1n) is 6.11. The van der Waals surface area contributed by atoms with Gasteiger partial charge in [-0.3, -0.25) is 9.47 Å². The quantitative estimate of drug-likeness (QED) is 0.724. The molecule has 0 saturated carbocycles. The number of nitrogens with zero attached hydrogens (tertiary/aromatic N) is 4. The first-order chi connectivity index (χ1) is 8.10. The minimum absolute atomic E-state index is 0.0520. The van der Waals surface area contributed by atoms with Crippen LogP contribution < -0.4 is 0 Å². The highest BCUT2D eigenvalue weighted by molar-refractivity contribution is 5.77. The van der Waals surface area contributed by atoms with Crippen LogP contribution in [0.1, 0.15) is 13.8 Å². The Morgan fingerprint density at radius 3 is 2.53 bits per heavy atom. The Labute approximate surface area is 101 Å². The normalized spacial score (nSPS) is 22.6. The van der Waals surface area contributed by atoms with E-state index in [0.717, 1.165) is 26.2 Å². The third-order valence-corrected chi connectivity index (χ3v) is 3.86. The zero-order chi connectivity index (χ0) is 12.0. The molecule has 2 fully saturated rings. The molecule has 5 nitrogen and oxygen atoms in total. The summed E-state index contributed by atoms with van der Waals surface area (Å²) in [6.45, 7) is 8.51. The number of likely N-dealkylation sites (tertiary alicyclic amines) is 2. The van der Waals surface area contributed by atoms with Crippen molar-refractivity contribution in [2.75, 3.05) is 26.2 Å². The summed E-state index contributed by atoms with van der Waals surface area (Å²) in [6, 6.07) is 0.676. The minimum Gasteiger partial charge on any atom is -0.323 e. The molecule has 0 bridgehead atoms. The summed E-state index contributed by atoms with van der Waals surface area (Å²) in [4.78, 5) is 20.2. The summed E-state index contributed by atoms with van der Waals surface area (Å²) in [5.74, 6) is 0. The maximum atomic E-state index is 12.0. The van der Waals surface area contributed by atoms with Gasteiger partial charge in [-0.1, -0.05) is 0 Å². The van der Waals surface area contributed by atoms with Gasteiger partial charge in [0.15, 0.2) is 0 Å². The molecule has 0 atom stereocenters. The van der Waals surface area contributed by atoms with Crippen LogP contribution in [0.5, 0.6) is 0 Å². The summed E-state index contributed by atoms with van der Waals surface area (Å²) >= 11 is 0. The van der Waals surface area contributed by atoms with Gasteiger partial charge in [-0.2, -0.15) is 0 Å². The molecule has 0 aromatic carbocycles. The molecule has 2 saturated heterocycles. The van der Waals surface area contributed by atoms with E-state index < -0.39 is 0 Å². The highest BCUT2D eigenvalue weighted by atomic mass is 16.2. The van der Waals surface area contributed by atoms with Crippen molar-refractivity contribution in [2.24, 2.45) is 5.41 Å². The largest absolute Gasteiger partial charge is 0.329 e. The molecule has 0 radical (unpaired) electrons. The van der Waals surface area contributed by atoms with Crippen molar-refractivity contribution in [3.8, 4) is 0 Å². The van der Waals surface area contributed by atoms with Crippen molar-refractivity contribution < 1.29 is 4.79 Å². The fourth-order valence-corrected chi connectivity index (χ4v) is 2.81. The molecule has 92 valence electrons. The number of amides is 1. The van der Waals surface area contributed by atoms with Gasteiger partial charge in [-0.15, -0.1) is 0 Å². The van der Waals surface area contributed by atoms with Gasteiger partial charge in [-0.05, 0) is 13.8 Å². The van der Waals surface area contributed by atoms with Crippen LogP contribution in [-0.4, -0.2) is 57.6 Å². The Kier molecular flexibility index (Phi) is 2.26. The van der Waals surface area contributed by atoms with Crippen molar-refractivity contribution in [1.29, 1.82) is 0 Å². The van der Waals surface area contributed by atoms with Gasteiger partial charge in [0.2, 0.25) is 0 Å². The summed E-state index contributed by atoms with van der Waals surface area (Å²) in [5, 5.41) is 0. The number of aromatic nitrogens is 2. The summed E-state index contributed by atoms with van der Waals surface area (Å²) in [7, 11) is 0. The van der Waals surface area contributed by atoms with Crippen molar-refractivity contribution in [2.45, 2.75) is 19.9 Å². The molecule has 5 heteroatoms. The topological polar surface area (TPSA) is 41.4 Å². The second-order valence-electron chi connectivity index (χ2n) is 5.61. The Morgan fingerprint density at radius 2 is 2.00 bits per heavy atom. The second kappa shape index (κ2) is 3.57. The van der Waals surface area contributed by atoms with Crippen molar-refractivity contribution >= 4 is 6.03 Å². The van der Waals surface area contributed by atoms with Crippen LogP contribution >= 0.6 is 0 Å². The Bertz CT molecular complexity index is 412. The van der Waals surface area contributed by atoms with E-state index in [9.17, 15) is 4.79 Å². The molecule has 3 heterocycles. The molecule has 2 aliphatic rings. The van der Waals surface area contributed by atoms with E-state index in [0.29, 0.717) is 11.5 Å². The lowest BCUT2D eigenvalue weighted by Crippen LogP contribution is -2.74. The number of hydrogen-bond acceptors (Lipinski definition) is 3. The Hall–Kier alpha value is -1.36. The van der Waals surface area contributed by atoms with Crippen LogP contribution in [0.15, 0.2) is 18.7 Å². The number of carbonyl (C=O) groups excluding carboxylic acids is 1. The molecular weight excluding hydrogens is 216 g/mol. The molecule has 3 rings (SSSR count). The first-order valence-corrected chi connectivity index (χ1v) is 6.11. The highest BCUT2D eigenvalue weighted by Gasteiger charge is 2.53. The van der Waals surface area contributed by atoms with Crippen LogP contribution in [0, 0.1) is 5.41 Å². The zero-order valence-electron chi connectivity index (χ0n) is 10.3. The average molecular weight is 234 g/mol. The fraction of sp³-hybridized carbons (Fsp3) is 0.667. The van der Waals surface area contributed by atoms with Gasteiger partial charge in [0.25, 0.3) is 0 Å². The van der Waals surface area contributed by atoms with Crippen LogP contribution in [0.3, 0.4) is 0 Å². The first kappa shape index (κ1) is 10.8. The maximum absolute atomic E-state index is 12.0. The Morgan fingerprint density at radius 1 is 1.29 bits per heavy atom. The molecular formula is C12H18N4O. The van der Waals surface area contributed by atoms with Crippen LogP contribution in [0.4, 0.5) is 4.79 Å². The third kappa shape index (κ3) is 1.65. The molecule has 2 aliphatic heterocycles. The minimum atomic E-state index is 0.0520. The monoisotopic (exact) mass is 234 g/mol. The molecule has 1 aromatic heterocycles. The van der Waals surface area contributed by atoms with Gasteiger partial charge in [0.1, 0.15) is 6.33 Å². The molecule has 0 aliphatic carbocycles. The highest BCUT2D eigenvalue weighted by Crippen LogP contribution is 2.40. The van der Waals surface area contributed by atoms with Crippen LogP contribution in [0.25, 0.3) is 0 Å². The summed E-state index contributed by atoms with van der Waals surface area (Å²) < 4.78 is 1.55. The van der Waals surface area contributed by atoms with Crippen molar-refractivity contribution in [3.05, 3.63) is 18.7 Å². The molecule has 0 unspecified atom stereocenters. The van der Waals surface area contributed by atoms with E-state index in [4.69, 9.17) is 0 Å². The van der Waals surface area contributed by atoms with Crippen LogP contribution in [-0.2, 0) is 0 Å². The lowest BCUT2D eigenvalue weighted by Gasteiger charge is -2.61. The lowest BCUT2D eigenvalue weighted by atomic mass is 9.72. The number of carbonyl (C=O) groups is 1. The van der Waals surface area contributed by atoms with E-state index in [-0.39, 0.29) is 6.03 Å². The number of imidazole rings is 1. The van der Waals surface area contributed by atoms with Gasteiger partial charge < -0.3 is 4.90 Å². The molecule has 1 spiro atoms. The van der Waals surface area contributed by atoms with Gasteiger partial charge in [0.05, 0.1) is 0 Å². The van der Waals surface area contributed by atoms with Crippen LogP contribution in [0.2, 0.25) is 0 Å². The van der Waals surface area contributed by atoms with E-state index in [2.05, 4.69) is 23.7 Å². The van der Waals surface area contributed by atoms with Crippen molar-refractivity contribution in [1.82, 2.24) is 19.4 Å². The predicted octanol–water partition coefficient (Wildman–Crippen LogP) is 0.877. The summed E-state index contributed by atoms with van der Waals surface area (Å²) in [6.07, 6.45) is 4.90. The van der Waals surface area contributed by atoms with E-state index in [1.54, 1.807) is 23.3 Å². The zero-order valence-corrected chi connectivity index (χ0v) is 10.3. The molecule has 17 heavy (non-hydrogen) atoms. The van der Waals surface area contributed by atoms with Gasteiger partial charge in [-0.25, -0.2) is 9.78 Å². The number of rotatable bonds is 1.